The quantitative estimate of drug-likeness (QED) is 0.759. The van der Waals surface area contributed by atoms with Gasteiger partial charge in [0, 0.05) is 17.9 Å². The average Bonchev–Trinajstić information content (AvgIpc) is 2.50. The van der Waals surface area contributed by atoms with Gasteiger partial charge in [-0.15, -0.1) is 11.3 Å². The number of nitrogens with zero attached hydrogens (tertiary/aromatic N) is 3. The zero-order chi connectivity index (χ0) is 14.8. The minimum absolute atomic E-state index is 0.300. The number of hydrogen-bond acceptors (Lipinski definition) is 5. The summed E-state index contributed by atoms with van der Waals surface area (Å²) in [6, 6.07) is 9.47. The van der Waals surface area contributed by atoms with Crippen LogP contribution in [0.2, 0.25) is 0 Å². The number of allylic oxidation sites excluding steroid dienone is 4. The van der Waals surface area contributed by atoms with E-state index in [4.69, 9.17) is 0 Å². The zero-order valence-electron chi connectivity index (χ0n) is 11.3. The summed E-state index contributed by atoms with van der Waals surface area (Å²) in [7, 11) is 1.86. The molecule has 0 N–H and O–H groups in total. The molecule has 0 radical (unpaired) electrons. The summed E-state index contributed by atoms with van der Waals surface area (Å²) in [6.07, 6.45) is 7.44. The molecular formula is C16H11N3OS. The van der Waals surface area contributed by atoms with Gasteiger partial charge in [0.1, 0.15) is 16.6 Å². The molecule has 1 aromatic carbocycles. The first-order chi connectivity index (χ1) is 10.2. The van der Waals surface area contributed by atoms with Crippen LogP contribution in [0.1, 0.15) is 5.01 Å². The second-order valence-electron chi connectivity index (χ2n) is 4.50. The topological polar surface area (TPSA) is 57.0 Å². The van der Waals surface area contributed by atoms with Crippen molar-refractivity contribution in [1.82, 2.24) is 9.88 Å². The van der Waals surface area contributed by atoms with E-state index in [2.05, 4.69) is 11.1 Å². The summed E-state index contributed by atoms with van der Waals surface area (Å²) in [4.78, 5) is 18.0. The predicted octanol–water partition coefficient (Wildman–Crippen LogP) is 2.91. The molecule has 4 nitrogen and oxygen atoms in total. The second-order valence-corrected chi connectivity index (χ2v) is 5.53. The Kier molecular flexibility index (Phi) is 3.38. The zero-order valence-corrected chi connectivity index (χ0v) is 12.1. The fraction of sp³-hybridized carbons (Fsp3) is 0.0625. The lowest BCUT2D eigenvalue weighted by molar-refractivity contribution is 0.587. The maximum atomic E-state index is 12.1. The van der Waals surface area contributed by atoms with Crippen LogP contribution in [-0.2, 0) is 0 Å². The van der Waals surface area contributed by atoms with Crippen molar-refractivity contribution in [3.63, 3.8) is 0 Å². The molecule has 2 heterocycles. The molecule has 0 unspecified atom stereocenters. The Morgan fingerprint density at radius 3 is 2.90 bits per heavy atom. The largest absolute Gasteiger partial charge is 0.350 e. The lowest BCUT2D eigenvalue weighted by atomic mass is 10.1. The molecule has 2 aromatic rings. The summed E-state index contributed by atoms with van der Waals surface area (Å²) in [5.41, 5.74) is 0.843. The maximum Gasteiger partial charge on any atom is 0.279 e. The van der Waals surface area contributed by atoms with E-state index in [-0.39, 0.29) is 5.56 Å². The van der Waals surface area contributed by atoms with Crippen LogP contribution in [0.3, 0.4) is 0 Å². The van der Waals surface area contributed by atoms with E-state index in [0.29, 0.717) is 16.0 Å². The smallest absolute Gasteiger partial charge is 0.279 e. The van der Waals surface area contributed by atoms with E-state index in [1.807, 2.05) is 54.6 Å². The Bertz CT molecular complexity index is 900. The number of rotatable bonds is 1. The van der Waals surface area contributed by atoms with Gasteiger partial charge in [0.15, 0.2) is 0 Å². The van der Waals surface area contributed by atoms with Crippen LogP contribution in [0.5, 0.6) is 0 Å². The third-order valence-corrected chi connectivity index (χ3v) is 4.23. The Hall–Kier alpha value is -2.71. The second kappa shape index (κ2) is 5.35. The lowest BCUT2D eigenvalue weighted by Gasteiger charge is -2.19. The summed E-state index contributed by atoms with van der Waals surface area (Å²) >= 11 is 1.35. The van der Waals surface area contributed by atoms with Gasteiger partial charge < -0.3 is 4.90 Å². The van der Waals surface area contributed by atoms with Crippen LogP contribution in [-0.4, -0.2) is 16.9 Å². The molecule has 3 rings (SSSR count). The molecule has 0 saturated carbocycles. The molecule has 0 amide bonds. The van der Waals surface area contributed by atoms with Crippen molar-refractivity contribution in [2.24, 2.45) is 0 Å². The van der Waals surface area contributed by atoms with Crippen LogP contribution in [0.25, 0.3) is 15.7 Å². The van der Waals surface area contributed by atoms with Crippen molar-refractivity contribution < 1.29 is 0 Å². The van der Waals surface area contributed by atoms with E-state index in [1.165, 1.54) is 11.3 Å². The predicted molar refractivity (Wildman–Crippen MR) is 84.5 cm³/mol. The van der Waals surface area contributed by atoms with Gasteiger partial charge in [-0.1, -0.05) is 18.2 Å². The molecule has 5 heteroatoms. The Morgan fingerprint density at radius 1 is 1.33 bits per heavy atom. The van der Waals surface area contributed by atoms with Gasteiger partial charge >= 0.3 is 0 Å². The molecule has 102 valence electrons. The highest BCUT2D eigenvalue weighted by Crippen LogP contribution is 2.27. The van der Waals surface area contributed by atoms with Gasteiger partial charge in [0.25, 0.3) is 5.56 Å². The molecule has 21 heavy (non-hydrogen) atoms. The summed E-state index contributed by atoms with van der Waals surface area (Å²) < 4.78 is 0.832. The fourth-order valence-electron chi connectivity index (χ4n) is 2.12. The first-order valence-corrected chi connectivity index (χ1v) is 7.14. The van der Waals surface area contributed by atoms with Crippen molar-refractivity contribution >= 4 is 27.0 Å². The third-order valence-electron chi connectivity index (χ3n) is 3.16. The number of nitriles is 1. The number of hydrogen-bond donors (Lipinski definition) is 0. The molecule has 1 aliphatic heterocycles. The Labute approximate surface area is 125 Å². The van der Waals surface area contributed by atoms with Crippen LogP contribution in [0.4, 0.5) is 0 Å². The van der Waals surface area contributed by atoms with E-state index < -0.39 is 0 Å². The molecule has 0 spiro atoms. The summed E-state index contributed by atoms with van der Waals surface area (Å²) in [5, 5.41) is 10.5. The van der Waals surface area contributed by atoms with Crippen molar-refractivity contribution in [3.8, 4) is 6.07 Å². The van der Waals surface area contributed by atoms with Crippen molar-refractivity contribution in [2.45, 2.75) is 0 Å². The minimum atomic E-state index is -0.300. The average molecular weight is 293 g/mol. The Morgan fingerprint density at radius 2 is 2.14 bits per heavy atom. The molecule has 0 atom stereocenters. The van der Waals surface area contributed by atoms with Gasteiger partial charge in [0.05, 0.1) is 11.1 Å². The monoisotopic (exact) mass is 293 g/mol. The molecule has 0 aliphatic carbocycles. The molecule has 1 aliphatic rings. The molecular weight excluding hydrogens is 282 g/mol. The SMILES string of the molecule is CN1C=CC=C/C1=C(/C#N)c1nc(=O)c2ccccc2s1. The number of aromatic nitrogens is 1. The molecule has 0 saturated heterocycles. The van der Waals surface area contributed by atoms with Gasteiger partial charge in [-0.3, -0.25) is 4.79 Å². The van der Waals surface area contributed by atoms with Crippen molar-refractivity contribution in [2.75, 3.05) is 7.05 Å². The van der Waals surface area contributed by atoms with Gasteiger partial charge in [-0.2, -0.15) is 10.2 Å². The van der Waals surface area contributed by atoms with E-state index in [1.54, 1.807) is 6.07 Å². The van der Waals surface area contributed by atoms with Gasteiger partial charge in [0.2, 0.25) is 0 Å². The normalized spacial score (nSPS) is 16.1. The van der Waals surface area contributed by atoms with Crippen LogP contribution in [0, 0.1) is 11.3 Å². The standard InChI is InChI=1S/C16H11N3OS/c1-19-9-5-4-7-13(19)12(10-17)16-18-15(20)11-6-2-3-8-14(11)21-16/h2-9H,1H3/b13-12+. The highest BCUT2D eigenvalue weighted by Gasteiger charge is 2.15. The van der Waals surface area contributed by atoms with Crippen LogP contribution >= 0.6 is 11.3 Å². The van der Waals surface area contributed by atoms with Crippen LogP contribution < -0.4 is 5.56 Å². The Balaban J connectivity index is 2.26. The first-order valence-electron chi connectivity index (χ1n) is 6.33. The van der Waals surface area contributed by atoms with Crippen LogP contribution in [0.15, 0.2) is 59.2 Å². The summed E-state index contributed by atoms with van der Waals surface area (Å²) in [6.45, 7) is 0. The number of likely N-dealkylation sites (N-methyl/N-ethyl adjacent to an activating group) is 1. The van der Waals surface area contributed by atoms with E-state index in [0.717, 1.165) is 10.4 Å². The van der Waals surface area contributed by atoms with E-state index in [9.17, 15) is 10.1 Å². The molecule has 1 aromatic heterocycles. The first kappa shape index (κ1) is 13.3. The van der Waals surface area contributed by atoms with Gasteiger partial charge in [-0.05, 0) is 24.3 Å². The van der Waals surface area contributed by atoms with Crippen molar-refractivity contribution in [1.29, 1.82) is 5.26 Å². The van der Waals surface area contributed by atoms with Crippen molar-refractivity contribution in [3.05, 3.63) is 69.8 Å². The third kappa shape index (κ3) is 2.37. The molecule has 0 fully saturated rings. The fourth-order valence-corrected chi connectivity index (χ4v) is 3.12. The highest BCUT2D eigenvalue weighted by atomic mass is 32.1. The highest BCUT2D eigenvalue weighted by molar-refractivity contribution is 7.19. The van der Waals surface area contributed by atoms with E-state index >= 15 is 0 Å². The lowest BCUT2D eigenvalue weighted by Crippen LogP contribution is -2.14. The molecule has 0 bridgehead atoms. The minimum Gasteiger partial charge on any atom is -0.350 e. The maximum absolute atomic E-state index is 12.1. The summed E-state index contributed by atoms with van der Waals surface area (Å²) in [5.74, 6) is 0. The van der Waals surface area contributed by atoms with Gasteiger partial charge in [-0.25, -0.2) is 0 Å². The number of benzene rings is 1. The number of fused-ring (bicyclic) bond motifs is 1.